The number of nitrogen functional groups attached to an aromatic ring is 1. The molecule has 32 heavy (non-hydrogen) atoms. The van der Waals surface area contributed by atoms with Crippen molar-refractivity contribution in [2.24, 2.45) is 10.8 Å². The average Bonchev–Trinajstić information content (AvgIpc) is 2.70. The van der Waals surface area contributed by atoms with Gasteiger partial charge in [0.1, 0.15) is 17.5 Å². The highest BCUT2D eigenvalue weighted by Gasteiger charge is 2.38. The normalized spacial score (nSPS) is 14.1. The van der Waals surface area contributed by atoms with Crippen molar-refractivity contribution >= 4 is 33.9 Å². The summed E-state index contributed by atoms with van der Waals surface area (Å²) in [7, 11) is 1.67. The molecule has 0 aliphatic rings. The summed E-state index contributed by atoms with van der Waals surface area (Å²) >= 11 is 0. The van der Waals surface area contributed by atoms with Crippen molar-refractivity contribution in [2.75, 3.05) is 18.1 Å². The van der Waals surface area contributed by atoms with Crippen LogP contribution in [0.1, 0.15) is 24.6 Å². The molecule has 7 N–H and O–H groups in total. The zero-order chi connectivity index (χ0) is 23.5. The Kier molecular flexibility index (Phi) is 6.25. The van der Waals surface area contributed by atoms with Crippen LogP contribution < -0.4 is 22.1 Å². The molecular weight excluding hydrogens is 423 g/mol. The van der Waals surface area contributed by atoms with E-state index < -0.39 is 18.1 Å². The second-order valence-electron chi connectivity index (χ2n) is 7.37. The van der Waals surface area contributed by atoms with Gasteiger partial charge in [0.25, 0.3) is 0 Å². The van der Waals surface area contributed by atoms with Gasteiger partial charge in [-0.15, -0.1) is 0 Å². The van der Waals surface area contributed by atoms with Crippen molar-refractivity contribution in [3.05, 3.63) is 54.1 Å². The summed E-state index contributed by atoms with van der Waals surface area (Å²) in [5, 5.41) is 10.4. The van der Waals surface area contributed by atoms with Crippen LogP contribution in [0, 0.1) is 5.53 Å². The number of alkyl halides is 3. The summed E-state index contributed by atoms with van der Waals surface area (Å²) in [5.41, 5.74) is 18.6. The average molecular weight is 445 g/mol. The third-order valence-corrected chi connectivity index (χ3v) is 4.73. The summed E-state index contributed by atoms with van der Waals surface area (Å²) in [4.78, 5) is 12.7. The molecule has 9 nitrogen and oxygen atoms in total. The second-order valence-corrected chi connectivity index (χ2v) is 7.37. The fraction of sp³-hybridized carbons (Fsp3) is 0.250. The van der Waals surface area contributed by atoms with E-state index in [4.69, 9.17) is 17.0 Å². The Hall–Kier alpha value is -3.80. The van der Waals surface area contributed by atoms with Crippen LogP contribution in [0.3, 0.4) is 0 Å². The van der Waals surface area contributed by atoms with Crippen LogP contribution in [-0.4, -0.2) is 28.2 Å². The molecule has 3 aromatic heterocycles. The Balaban J connectivity index is 1.94. The highest BCUT2D eigenvalue weighted by Crippen LogP contribution is 2.33. The maximum atomic E-state index is 12.9. The Morgan fingerprint density at radius 3 is 2.59 bits per heavy atom. The van der Waals surface area contributed by atoms with E-state index in [1.807, 2.05) is 0 Å². The first-order valence-electron chi connectivity index (χ1n) is 9.43. The SMILES string of the molecule is CN/C(=C\N=N)c1cc2cc(Nc3cc([C@@](C)(N)CC(F)(F)F)ccn3)ncc2c(N)n1. The highest BCUT2D eigenvalue weighted by molar-refractivity contribution is 5.93. The fourth-order valence-corrected chi connectivity index (χ4v) is 3.21. The molecule has 0 aliphatic heterocycles. The van der Waals surface area contributed by atoms with E-state index in [1.165, 1.54) is 37.7 Å². The maximum Gasteiger partial charge on any atom is 0.391 e. The number of hydrogen-bond acceptors (Lipinski definition) is 9. The van der Waals surface area contributed by atoms with E-state index in [0.29, 0.717) is 33.8 Å². The van der Waals surface area contributed by atoms with E-state index in [1.54, 1.807) is 19.2 Å². The van der Waals surface area contributed by atoms with E-state index in [9.17, 15) is 13.2 Å². The van der Waals surface area contributed by atoms with Crippen molar-refractivity contribution in [3.63, 3.8) is 0 Å². The molecule has 0 saturated carbocycles. The minimum Gasteiger partial charge on any atom is -0.385 e. The van der Waals surface area contributed by atoms with Crippen molar-refractivity contribution < 1.29 is 13.2 Å². The van der Waals surface area contributed by atoms with Gasteiger partial charge in [-0.05, 0) is 42.1 Å². The quantitative estimate of drug-likeness (QED) is 0.344. The number of nitrogens with two attached hydrogens (primary N) is 2. The second kappa shape index (κ2) is 8.75. The van der Waals surface area contributed by atoms with Crippen LogP contribution in [0.4, 0.5) is 30.6 Å². The minimum atomic E-state index is -4.40. The van der Waals surface area contributed by atoms with Crippen LogP contribution in [0.5, 0.6) is 0 Å². The first-order valence-corrected chi connectivity index (χ1v) is 9.43. The smallest absolute Gasteiger partial charge is 0.385 e. The standard InChI is InChI=1S/C20H22F3N9/c1-19(25,10-20(21,22)23)12-3-4-28-17(7-12)32-16-6-11-5-14(15(27-2)9-30-26)31-18(24)13(11)8-29-16/h3-9,26-27H,10,25H2,1-2H3,(H2,24,31)(H,28,29,32)/b15-9-,30-26?/t19-/m0/s1. The largest absolute Gasteiger partial charge is 0.391 e. The van der Waals surface area contributed by atoms with Crippen LogP contribution in [0.15, 0.2) is 48.0 Å². The molecule has 0 aromatic carbocycles. The molecule has 0 unspecified atom stereocenters. The molecule has 0 fully saturated rings. The molecule has 0 saturated heterocycles. The fourth-order valence-electron chi connectivity index (χ4n) is 3.21. The predicted octanol–water partition coefficient (Wildman–Crippen LogP) is 4.03. The summed E-state index contributed by atoms with van der Waals surface area (Å²) in [5.74, 6) is 0.932. The Morgan fingerprint density at radius 2 is 1.94 bits per heavy atom. The third kappa shape index (κ3) is 5.27. The van der Waals surface area contributed by atoms with Gasteiger partial charge >= 0.3 is 6.18 Å². The van der Waals surface area contributed by atoms with E-state index in [-0.39, 0.29) is 11.4 Å². The molecule has 1 atom stereocenters. The minimum absolute atomic E-state index is 0.244. The lowest BCUT2D eigenvalue weighted by Crippen LogP contribution is -2.38. The van der Waals surface area contributed by atoms with Gasteiger partial charge in [-0.1, -0.05) is 0 Å². The lowest BCUT2D eigenvalue weighted by Gasteiger charge is -2.26. The van der Waals surface area contributed by atoms with Crippen LogP contribution in [-0.2, 0) is 5.54 Å². The number of rotatable bonds is 7. The first-order chi connectivity index (χ1) is 15.0. The molecular formula is C20H22F3N9. The molecule has 3 heterocycles. The molecule has 3 aromatic rings. The summed E-state index contributed by atoms with van der Waals surface area (Å²) < 4.78 is 38.6. The number of halogens is 3. The van der Waals surface area contributed by atoms with Gasteiger partial charge in [0.05, 0.1) is 24.0 Å². The number of hydrogen-bond donors (Lipinski definition) is 5. The van der Waals surface area contributed by atoms with Crippen molar-refractivity contribution in [2.45, 2.75) is 25.1 Å². The van der Waals surface area contributed by atoms with Gasteiger partial charge < -0.3 is 22.1 Å². The van der Waals surface area contributed by atoms with E-state index >= 15 is 0 Å². The van der Waals surface area contributed by atoms with Gasteiger partial charge in [0, 0.05) is 30.4 Å². The lowest BCUT2D eigenvalue weighted by molar-refractivity contribution is -0.146. The van der Waals surface area contributed by atoms with Crippen LogP contribution >= 0.6 is 0 Å². The summed E-state index contributed by atoms with van der Waals surface area (Å²) in [6, 6.07) is 6.36. The number of pyridine rings is 3. The van der Waals surface area contributed by atoms with Gasteiger partial charge in [-0.2, -0.15) is 18.3 Å². The van der Waals surface area contributed by atoms with Gasteiger partial charge in [-0.25, -0.2) is 20.5 Å². The lowest BCUT2D eigenvalue weighted by atomic mass is 9.90. The molecule has 0 radical (unpaired) electrons. The summed E-state index contributed by atoms with van der Waals surface area (Å²) in [6.07, 6.45) is -1.36. The molecule has 168 valence electrons. The monoisotopic (exact) mass is 445 g/mol. The molecule has 12 heteroatoms. The van der Waals surface area contributed by atoms with E-state index in [0.717, 1.165) is 0 Å². The van der Waals surface area contributed by atoms with Gasteiger partial charge in [0.15, 0.2) is 0 Å². The highest BCUT2D eigenvalue weighted by atomic mass is 19.4. The number of fused-ring (bicyclic) bond motifs is 1. The zero-order valence-corrected chi connectivity index (χ0v) is 17.3. The molecule has 0 spiro atoms. The molecule has 0 bridgehead atoms. The Morgan fingerprint density at radius 1 is 1.22 bits per heavy atom. The molecule has 0 aliphatic carbocycles. The van der Waals surface area contributed by atoms with Crippen molar-refractivity contribution in [1.82, 2.24) is 20.3 Å². The number of aromatic nitrogens is 3. The Labute approximate surface area is 181 Å². The van der Waals surface area contributed by atoms with Gasteiger partial charge in [0.2, 0.25) is 0 Å². The van der Waals surface area contributed by atoms with Crippen LogP contribution in [0.25, 0.3) is 16.5 Å². The van der Waals surface area contributed by atoms with Crippen molar-refractivity contribution in [3.8, 4) is 0 Å². The Bertz CT molecular complexity index is 1170. The number of nitrogens with one attached hydrogen (secondary N) is 3. The predicted molar refractivity (Wildman–Crippen MR) is 116 cm³/mol. The van der Waals surface area contributed by atoms with E-state index in [2.05, 4.69) is 30.7 Å². The topological polar surface area (TPSA) is 151 Å². The summed E-state index contributed by atoms with van der Waals surface area (Å²) in [6.45, 7) is 1.32. The van der Waals surface area contributed by atoms with Crippen LogP contribution in [0.2, 0.25) is 0 Å². The third-order valence-electron chi connectivity index (χ3n) is 4.73. The van der Waals surface area contributed by atoms with Gasteiger partial charge in [-0.3, -0.25) is 0 Å². The number of anilines is 3. The van der Waals surface area contributed by atoms with Crippen molar-refractivity contribution in [1.29, 1.82) is 5.53 Å². The number of nitrogens with zero attached hydrogens (tertiary/aromatic N) is 4. The molecule has 0 amide bonds. The first kappa shape index (κ1) is 22.9. The molecule has 3 rings (SSSR count). The zero-order valence-electron chi connectivity index (χ0n) is 17.3. The maximum absolute atomic E-state index is 12.9.